The quantitative estimate of drug-likeness (QED) is 0.681. The van der Waals surface area contributed by atoms with Gasteiger partial charge in [0.1, 0.15) is 5.70 Å². The highest BCUT2D eigenvalue weighted by Gasteiger charge is 2.30. The van der Waals surface area contributed by atoms with Crippen molar-refractivity contribution in [3.63, 3.8) is 0 Å². The summed E-state index contributed by atoms with van der Waals surface area (Å²) in [5, 5.41) is 2.58. The van der Waals surface area contributed by atoms with Crippen molar-refractivity contribution in [2.75, 3.05) is 7.05 Å². The Labute approximate surface area is 128 Å². The molecule has 3 rings (SSSR count). The van der Waals surface area contributed by atoms with Crippen LogP contribution in [0.2, 0.25) is 0 Å². The molecule has 0 radical (unpaired) electrons. The Morgan fingerprint density at radius 1 is 1.18 bits per heavy atom. The fraction of sp³-hybridized carbons (Fsp3) is 0.188. The van der Waals surface area contributed by atoms with E-state index in [9.17, 15) is 9.59 Å². The van der Waals surface area contributed by atoms with E-state index in [4.69, 9.17) is 0 Å². The summed E-state index contributed by atoms with van der Waals surface area (Å²) in [5.41, 5.74) is 4.23. The van der Waals surface area contributed by atoms with Crippen LogP contribution >= 0.6 is 0 Å². The van der Waals surface area contributed by atoms with Gasteiger partial charge >= 0.3 is 6.03 Å². The van der Waals surface area contributed by atoms with Crippen LogP contribution < -0.4 is 5.32 Å². The summed E-state index contributed by atoms with van der Waals surface area (Å²) in [7, 11) is 1.46. The lowest BCUT2D eigenvalue weighted by atomic mass is 10.2. The maximum atomic E-state index is 12.0. The molecule has 1 N–H and O–H groups in total. The molecule has 0 bridgehead atoms. The summed E-state index contributed by atoms with van der Waals surface area (Å²) in [6.45, 7) is 3.97. The van der Waals surface area contributed by atoms with Crippen molar-refractivity contribution in [3.05, 3.63) is 53.2 Å². The van der Waals surface area contributed by atoms with Crippen molar-refractivity contribution in [3.8, 4) is 5.69 Å². The first-order valence-corrected chi connectivity index (χ1v) is 6.89. The molecule has 1 aliphatic heterocycles. The molecule has 0 spiro atoms. The molecular weight excluding hydrogens is 280 g/mol. The molecule has 0 aromatic carbocycles. The standard InChI is InChI=1S/C16H16N4O2/c1-10-8-12(9-14-15(21)19(3)16(22)18-14)11(2)20(10)13-4-6-17-7-5-13/h4-9H,1-3H3,(H,18,22)/b14-9+. The molecule has 22 heavy (non-hydrogen) atoms. The van der Waals surface area contributed by atoms with Crippen LogP contribution in [-0.2, 0) is 4.79 Å². The van der Waals surface area contributed by atoms with Gasteiger partial charge in [-0.15, -0.1) is 0 Å². The molecule has 1 saturated heterocycles. The van der Waals surface area contributed by atoms with E-state index in [1.807, 2.05) is 32.0 Å². The maximum absolute atomic E-state index is 12.0. The number of hydrogen-bond donors (Lipinski definition) is 1. The van der Waals surface area contributed by atoms with Crippen LogP contribution in [0.4, 0.5) is 4.79 Å². The minimum atomic E-state index is -0.404. The fourth-order valence-electron chi connectivity index (χ4n) is 2.60. The number of amides is 3. The van der Waals surface area contributed by atoms with E-state index < -0.39 is 6.03 Å². The lowest BCUT2D eigenvalue weighted by molar-refractivity contribution is -0.121. The lowest BCUT2D eigenvalue weighted by Crippen LogP contribution is -2.25. The SMILES string of the molecule is Cc1cc(/C=C2/NC(=O)N(C)C2=O)c(C)n1-c1ccncc1. The van der Waals surface area contributed by atoms with Gasteiger partial charge < -0.3 is 9.88 Å². The molecular formula is C16H16N4O2. The highest BCUT2D eigenvalue weighted by Crippen LogP contribution is 2.23. The van der Waals surface area contributed by atoms with Crippen LogP contribution in [0.3, 0.4) is 0 Å². The first kappa shape index (κ1) is 14.1. The second kappa shape index (κ2) is 5.14. The Balaban J connectivity index is 2.05. The van der Waals surface area contributed by atoms with Gasteiger partial charge in [-0.25, -0.2) is 4.79 Å². The summed E-state index contributed by atoms with van der Waals surface area (Å²) in [5.74, 6) is -0.321. The minimum Gasteiger partial charge on any atom is -0.318 e. The normalized spacial score (nSPS) is 16.5. The average molecular weight is 296 g/mol. The summed E-state index contributed by atoms with van der Waals surface area (Å²) >= 11 is 0. The molecule has 1 aliphatic rings. The van der Waals surface area contributed by atoms with Crippen molar-refractivity contribution >= 4 is 18.0 Å². The molecule has 0 unspecified atom stereocenters. The molecule has 6 nitrogen and oxygen atoms in total. The highest BCUT2D eigenvalue weighted by atomic mass is 16.2. The number of aryl methyl sites for hydroxylation is 1. The number of carbonyl (C=O) groups excluding carboxylic acids is 2. The molecule has 0 atom stereocenters. The Morgan fingerprint density at radius 3 is 2.45 bits per heavy atom. The first-order chi connectivity index (χ1) is 10.5. The van der Waals surface area contributed by atoms with E-state index in [2.05, 4.69) is 14.9 Å². The van der Waals surface area contributed by atoms with E-state index in [1.165, 1.54) is 7.05 Å². The molecule has 0 saturated carbocycles. The Kier molecular flexibility index (Phi) is 3.29. The zero-order chi connectivity index (χ0) is 15.9. The predicted octanol–water partition coefficient (Wildman–Crippen LogP) is 2.01. The second-order valence-corrected chi connectivity index (χ2v) is 5.22. The van der Waals surface area contributed by atoms with Gasteiger partial charge in [0.25, 0.3) is 5.91 Å². The van der Waals surface area contributed by atoms with Crippen LogP contribution in [0.25, 0.3) is 11.8 Å². The zero-order valence-electron chi connectivity index (χ0n) is 12.6. The number of nitrogens with zero attached hydrogens (tertiary/aromatic N) is 3. The summed E-state index contributed by atoms with van der Waals surface area (Å²) < 4.78 is 2.08. The molecule has 2 aromatic heterocycles. The molecule has 6 heteroatoms. The van der Waals surface area contributed by atoms with E-state index in [0.29, 0.717) is 5.70 Å². The van der Waals surface area contributed by atoms with Crippen molar-refractivity contribution in [1.29, 1.82) is 0 Å². The van der Waals surface area contributed by atoms with E-state index in [0.717, 1.165) is 27.5 Å². The third-order valence-corrected chi connectivity index (χ3v) is 3.77. The van der Waals surface area contributed by atoms with Gasteiger partial charge in [0, 0.05) is 36.5 Å². The maximum Gasteiger partial charge on any atom is 0.328 e. The number of aromatic nitrogens is 2. The molecule has 2 aromatic rings. The molecule has 3 heterocycles. The first-order valence-electron chi connectivity index (χ1n) is 6.89. The van der Waals surface area contributed by atoms with Gasteiger partial charge in [-0.2, -0.15) is 0 Å². The fourth-order valence-corrected chi connectivity index (χ4v) is 2.60. The van der Waals surface area contributed by atoms with E-state index in [1.54, 1.807) is 18.5 Å². The molecule has 112 valence electrons. The number of nitrogens with one attached hydrogen (secondary N) is 1. The largest absolute Gasteiger partial charge is 0.328 e. The lowest BCUT2D eigenvalue weighted by Gasteiger charge is -2.08. The van der Waals surface area contributed by atoms with Crippen LogP contribution in [0.5, 0.6) is 0 Å². The molecule has 3 amide bonds. The van der Waals surface area contributed by atoms with Gasteiger partial charge in [-0.05, 0) is 43.7 Å². The van der Waals surface area contributed by atoms with Gasteiger partial charge in [0.05, 0.1) is 0 Å². The second-order valence-electron chi connectivity index (χ2n) is 5.22. The van der Waals surface area contributed by atoms with Crippen LogP contribution in [0.1, 0.15) is 17.0 Å². The number of pyridine rings is 1. The summed E-state index contributed by atoms with van der Waals surface area (Å²) in [6, 6.07) is 5.43. The monoisotopic (exact) mass is 296 g/mol. The smallest absolute Gasteiger partial charge is 0.318 e. The topological polar surface area (TPSA) is 67.2 Å². The van der Waals surface area contributed by atoms with Gasteiger partial charge in [0.15, 0.2) is 0 Å². The Morgan fingerprint density at radius 2 is 1.86 bits per heavy atom. The third kappa shape index (κ3) is 2.18. The van der Waals surface area contributed by atoms with E-state index >= 15 is 0 Å². The van der Waals surface area contributed by atoms with Crippen LogP contribution in [0, 0.1) is 13.8 Å². The number of urea groups is 1. The third-order valence-electron chi connectivity index (χ3n) is 3.77. The van der Waals surface area contributed by atoms with Crippen molar-refractivity contribution in [1.82, 2.24) is 19.8 Å². The van der Waals surface area contributed by atoms with Crippen molar-refractivity contribution in [2.24, 2.45) is 0 Å². The van der Waals surface area contributed by atoms with Gasteiger partial charge in [-0.3, -0.25) is 14.7 Å². The van der Waals surface area contributed by atoms with E-state index in [-0.39, 0.29) is 5.91 Å². The Hall–Kier alpha value is -2.89. The Bertz CT molecular complexity index is 790. The van der Waals surface area contributed by atoms with Gasteiger partial charge in [-0.1, -0.05) is 0 Å². The molecule has 0 aliphatic carbocycles. The minimum absolute atomic E-state index is 0.294. The van der Waals surface area contributed by atoms with Crippen molar-refractivity contribution < 1.29 is 9.59 Å². The highest BCUT2D eigenvalue weighted by molar-refractivity contribution is 6.13. The van der Waals surface area contributed by atoms with Crippen LogP contribution in [-0.4, -0.2) is 33.4 Å². The number of hydrogen-bond acceptors (Lipinski definition) is 3. The summed E-state index contributed by atoms with van der Waals surface area (Å²) in [4.78, 5) is 28.5. The van der Waals surface area contributed by atoms with Gasteiger partial charge in [0.2, 0.25) is 0 Å². The van der Waals surface area contributed by atoms with Crippen LogP contribution in [0.15, 0.2) is 36.3 Å². The molecule has 1 fully saturated rings. The zero-order valence-corrected chi connectivity index (χ0v) is 12.6. The number of imide groups is 1. The van der Waals surface area contributed by atoms with Crippen molar-refractivity contribution in [2.45, 2.75) is 13.8 Å². The predicted molar refractivity (Wildman–Crippen MR) is 82.3 cm³/mol. The number of likely N-dealkylation sites (N-methyl/N-ethyl adjacent to an activating group) is 1. The number of carbonyl (C=O) groups is 2. The number of rotatable bonds is 2. The average Bonchev–Trinajstić information content (AvgIpc) is 2.92. The summed E-state index contributed by atoms with van der Waals surface area (Å²) in [6.07, 6.45) is 5.19.